The van der Waals surface area contributed by atoms with Crippen LogP contribution in [0.3, 0.4) is 0 Å². The van der Waals surface area contributed by atoms with Crippen molar-refractivity contribution in [1.82, 2.24) is 5.32 Å². The lowest BCUT2D eigenvalue weighted by molar-refractivity contribution is 0.291. The zero-order chi connectivity index (χ0) is 15.9. The van der Waals surface area contributed by atoms with E-state index in [1.54, 1.807) is 0 Å². The SMILES string of the molecule is CCCCCC(C)(C)CNC(C)c1ccc(C(C)C)cc1. The van der Waals surface area contributed by atoms with Crippen molar-refractivity contribution in [1.29, 1.82) is 0 Å². The molecule has 0 spiro atoms. The van der Waals surface area contributed by atoms with Crippen molar-refractivity contribution < 1.29 is 0 Å². The van der Waals surface area contributed by atoms with Crippen molar-refractivity contribution in [3.63, 3.8) is 0 Å². The summed E-state index contributed by atoms with van der Waals surface area (Å²) in [4.78, 5) is 0. The molecule has 0 aromatic heterocycles. The van der Waals surface area contributed by atoms with E-state index >= 15 is 0 Å². The zero-order valence-corrected chi connectivity index (χ0v) is 15.0. The largest absolute Gasteiger partial charge is 0.310 e. The van der Waals surface area contributed by atoms with Gasteiger partial charge >= 0.3 is 0 Å². The quantitative estimate of drug-likeness (QED) is 0.544. The van der Waals surface area contributed by atoms with Crippen molar-refractivity contribution >= 4 is 0 Å². The molecule has 0 aliphatic rings. The molecule has 0 heterocycles. The first kappa shape index (κ1) is 18.2. The summed E-state index contributed by atoms with van der Waals surface area (Å²) in [6.45, 7) is 14.9. The first-order chi connectivity index (χ1) is 9.85. The van der Waals surface area contributed by atoms with Gasteiger partial charge in [0.1, 0.15) is 0 Å². The van der Waals surface area contributed by atoms with Gasteiger partial charge in [-0.3, -0.25) is 0 Å². The molecule has 1 aromatic carbocycles. The molecule has 0 amide bonds. The van der Waals surface area contributed by atoms with Crippen molar-refractivity contribution in [2.24, 2.45) is 5.41 Å². The van der Waals surface area contributed by atoms with Crippen LogP contribution in [0, 0.1) is 5.41 Å². The highest BCUT2D eigenvalue weighted by atomic mass is 14.9. The van der Waals surface area contributed by atoms with Crippen LogP contribution < -0.4 is 5.32 Å². The maximum Gasteiger partial charge on any atom is 0.0292 e. The monoisotopic (exact) mass is 289 g/mol. The fourth-order valence-corrected chi connectivity index (χ4v) is 2.66. The Morgan fingerprint density at radius 3 is 2.05 bits per heavy atom. The Kier molecular flexibility index (Phi) is 7.45. The molecule has 1 atom stereocenters. The summed E-state index contributed by atoms with van der Waals surface area (Å²) in [5.74, 6) is 0.611. The lowest BCUT2D eigenvalue weighted by Crippen LogP contribution is -2.31. The van der Waals surface area contributed by atoms with Gasteiger partial charge in [-0.2, -0.15) is 0 Å². The maximum atomic E-state index is 3.71. The molecule has 0 saturated heterocycles. The van der Waals surface area contributed by atoms with E-state index in [4.69, 9.17) is 0 Å². The number of rotatable bonds is 9. The molecule has 0 fully saturated rings. The number of unbranched alkanes of at least 4 members (excludes halogenated alkanes) is 2. The molecule has 0 radical (unpaired) electrons. The summed E-state index contributed by atoms with van der Waals surface area (Å²) >= 11 is 0. The summed E-state index contributed by atoms with van der Waals surface area (Å²) in [5, 5.41) is 3.71. The summed E-state index contributed by atoms with van der Waals surface area (Å²) in [6, 6.07) is 9.51. The van der Waals surface area contributed by atoms with E-state index in [0.29, 0.717) is 17.4 Å². The summed E-state index contributed by atoms with van der Waals surface area (Å²) in [5.41, 5.74) is 3.20. The van der Waals surface area contributed by atoms with Gasteiger partial charge in [-0.15, -0.1) is 0 Å². The lowest BCUT2D eigenvalue weighted by atomic mass is 9.86. The minimum atomic E-state index is 0.390. The highest BCUT2D eigenvalue weighted by Gasteiger charge is 2.18. The van der Waals surface area contributed by atoms with Crippen LogP contribution in [0.4, 0.5) is 0 Å². The molecule has 0 saturated carbocycles. The van der Waals surface area contributed by atoms with Gasteiger partial charge in [-0.05, 0) is 35.8 Å². The molecule has 1 rings (SSSR count). The van der Waals surface area contributed by atoms with Gasteiger partial charge in [0, 0.05) is 12.6 Å². The third kappa shape index (κ3) is 6.65. The fourth-order valence-electron chi connectivity index (χ4n) is 2.66. The molecule has 0 aliphatic heterocycles. The van der Waals surface area contributed by atoms with Gasteiger partial charge in [-0.25, -0.2) is 0 Å². The Morgan fingerprint density at radius 1 is 0.952 bits per heavy atom. The summed E-state index contributed by atoms with van der Waals surface area (Å²) in [7, 11) is 0. The molecule has 1 aromatic rings. The van der Waals surface area contributed by atoms with E-state index < -0.39 is 0 Å². The van der Waals surface area contributed by atoms with Gasteiger partial charge < -0.3 is 5.32 Å². The molecule has 0 bridgehead atoms. The molecule has 1 nitrogen and oxygen atoms in total. The molecule has 1 heteroatoms. The van der Waals surface area contributed by atoms with Gasteiger partial charge in [0.15, 0.2) is 0 Å². The smallest absolute Gasteiger partial charge is 0.0292 e. The van der Waals surface area contributed by atoms with Gasteiger partial charge in [0.25, 0.3) is 0 Å². The first-order valence-electron chi connectivity index (χ1n) is 8.69. The van der Waals surface area contributed by atoms with E-state index in [0.717, 1.165) is 6.54 Å². The van der Waals surface area contributed by atoms with E-state index in [1.165, 1.54) is 36.8 Å². The predicted molar refractivity (Wildman–Crippen MR) is 94.9 cm³/mol. The molecule has 1 N–H and O–H groups in total. The van der Waals surface area contributed by atoms with Crippen LogP contribution in [0.5, 0.6) is 0 Å². The third-order valence-electron chi connectivity index (χ3n) is 4.45. The number of nitrogens with one attached hydrogen (secondary N) is 1. The van der Waals surface area contributed by atoms with Crippen molar-refractivity contribution in [3.8, 4) is 0 Å². The second kappa shape index (κ2) is 8.58. The Bertz CT molecular complexity index is 389. The topological polar surface area (TPSA) is 12.0 Å². The van der Waals surface area contributed by atoms with E-state index in [9.17, 15) is 0 Å². The molecule has 1 unspecified atom stereocenters. The predicted octanol–water partition coefficient (Wildman–Crippen LogP) is 6.07. The Labute approximate surface area is 132 Å². The summed E-state index contributed by atoms with van der Waals surface area (Å²) in [6.07, 6.45) is 5.33. The highest BCUT2D eigenvalue weighted by molar-refractivity contribution is 5.26. The van der Waals surface area contributed by atoms with E-state index in [2.05, 4.69) is 71.1 Å². The lowest BCUT2D eigenvalue weighted by Gasteiger charge is -2.27. The highest BCUT2D eigenvalue weighted by Crippen LogP contribution is 2.24. The van der Waals surface area contributed by atoms with Crippen LogP contribution in [0.2, 0.25) is 0 Å². The van der Waals surface area contributed by atoms with Gasteiger partial charge in [0.05, 0.1) is 0 Å². The van der Waals surface area contributed by atoms with Gasteiger partial charge in [-0.1, -0.05) is 78.1 Å². The van der Waals surface area contributed by atoms with E-state index in [-0.39, 0.29) is 0 Å². The van der Waals surface area contributed by atoms with Crippen LogP contribution in [0.15, 0.2) is 24.3 Å². The Morgan fingerprint density at radius 2 is 1.52 bits per heavy atom. The van der Waals surface area contributed by atoms with Crippen LogP contribution in [0.25, 0.3) is 0 Å². The van der Waals surface area contributed by atoms with Crippen molar-refractivity contribution in [2.45, 2.75) is 79.2 Å². The third-order valence-corrected chi connectivity index (χ3v) is 4.45. The normalized spacial score (nSPS) is 13.7. The molecular formula is C20H35N. The number of benzene rings is 1. The van der Waals surface area contributed by atoms with E-state index in [1.807, 2.05) is 0 Å². The Balaban J connectivity index is 2.47. The fraction of sp³-hybridized carbons (Fsp3) is 0.700. The van der Waals surface area contributed by atoms with Crippen LogP contribution >= 0.6 is 0 Å². The minimum absolute atomic E-state index is 0.390. The second-order valence-corrected chi connectivity index (χ2v) is 7.55. The number of hydrogen-bond acceptors (Lipinski definition) is 1. The first-order valence-corrected chi connectivity index (χ1v) is 8.69. The standard InChI is InChI=1S/C20H35N/c1-7-8-9-14-20(5,6)15-21-17(4)19-12-10-18(11-13-19)16(2)3/h10-13,16-17,21H,7-9,14-15H2,1-6H3. The Hall–Kier alpha value is -0.820. The van der Waals surface area contributed by atoms with Crippen LogP contribution in [-0.2, 0) is 0 Å². The number of hydrogen-bond donors (Lipinski definition) is 1. The minimum Gasteiger partial charge on any atom is -0.310 e. The molecule has 0 aliphatic carbocycles. The molecule has 21 heavy (non-hydrogen) atoms. The average molecular weight is 290 g/mol. The molecular weight excluding hydrogens is 254 g/mol. The molecule has 120 valence electrons. The van der Waals surface area contributed by atoms with Gasteiger partial charge in [0.2, 0.25) is 0 Å². The van der Waals surface area contributed by atoms with Crippen molar-refractivity contribution in [3.05, 3.63) is 35.4 Å². The summed E-state index contributed by atoms with van der Waals surface area (Å²) < 4.78 is 0. The van der Waals surface area contributed by atoms with Crippen molar-refractivity contribution in [2.75, 3.05) is 6.54 Å². The second-order valence-electron chi connectivity index (χ2n) is 7.55. The maximum absolute atomic E-state index is 3.71. The van der Waals surface area contributed by atoms with Crippen LogP contribution in [0.1, 0.15) is 90.3 Å². The van der Waals surface area contributed by atoms with Crippen LogP contribution in [-0.4, -0.2) is 6.54 Å². The average Bonchev–Trinajstić information content (AvgIpc) is 2.45. The zero-order valence-electron chi connectivity index (χ0n) is 15.0.